The van der Waals surface area contributed by atoms with Gasteiger partial charge in [-0.1, -0.05) is 27.7 Å². The molecule has 0 unspecified atom stereocenters. The molecule has 0 aliphatic rings. The van der Waals surface area contributed by atoms with Crippen molar-refractivity contribution in [2.75, 3.05) is 0 Å². The summed E-state index contributed by atoms with van der Waals surface area (Å²) >= 11 is 4.82. The maximum absolute atomic E-state index is 10.5. The highest BCUT2D eigenvalue weighted by Crippen LogP contribution is 2.27. The quantitative estimate of drug-likeness (QED) is 0.637. The van der Waals surface area contributed by atoms with Crippen molar-refractivity contribution in [1.29, 1.82) is 0 Å². The average Bonchev–Trinajstić information content (AvgIpc) is 2.33. The number of pyridine rings is 1. The third-order valence-corrected chi connectivity index (χ3v) is 3.45. The lowest BCUT2D eigenvalue weighted by Gasteiger charge is -2.00. The van der Waals surface area contributed by atoms with Crippen LogP contribution in [0.1, 0.15) is 0 Å². The van der Waals surface area contributed by atoms with Gasteiger partial charge >= 0.3 is 0 Å². The molecule has 0 amide bonds. The normalized spacial score (nSPS) is 10.2. The van der Waals surface area contributed by atoms with E-state index in [1.807, 2.05) is 24.3 Å². The van der Waals surface area contributed by atoms with E-state index in [1.165, 1.54) is 24.0 Å². The Labute approximate surface area is 110 Å². The van der Waals surface area contributed by atoms with E-state index < -0.39 is 4.92 Å². The van der Waals surface area contributed by atoms with E-state index >= 15 is 0 Å². The van der Waals surface area contributed by atoms with E-state index in [9.17, 15) is 10.1 Å². The molecule has 17 heavy (non-hydrogen) atoms. The zero-order valence-electron chi connectivity index (χ0n) is 8.54. The van der Waals surface area contributed by atoms with Crippen LogP contribution in [0, 0.1) is 10.1 Å². The minimum atomic E-state index is -0.457. The fourth-order valence-electron chi connectivity index (χ4n) is 1.16. The molecular weight excluding hydrogens is 304 g/mol. The van der Waals surface area contributed by atoms with Crippen LogP contribution in [-0.2, 0) is 0 Å². The number of benzene rings is 1. The van der Waals surface area contributed by atoms with E-state index in [1.54, 1.807) is 6.07 Å². The summed E-state index contributed by atoms with van der Waals surface area (Å²) in [4.78, 5) is 15.1. The summed E-state index contributed by atoms with van der Waals surface area (Å²) in [6.07, 6.45) is 1.27. The number of halogens is 1. The molecule has 0 fully saturated rings. The van der Waals surface area contributed by atoms with Crippen LogP contribution in [0.3, 0.4) is 0 Å². The Bertz CT molecular complexity index is 528. The number of nitrogens with zero attached hydrogens (tertiary/aromatic N) is 2. The summed E-state index contributed by atoms with van der Waals surface area (Å²) in [5.41, 5.74) is 0.00477. The van der Waals surface area contributed by atoms with E-state index in [0.717, 1.165) is 14.4 Å². The lowest BCUT2D eigenvalue weighted by molar-refractivity contribution is -0.385. The highest BCUT2D eigenvalue weighted by atomic mass is 79.9. The van der Waals surface area contributed by atoms with Gasteiger partial charge in [-0.05, 0) is 30.3 Å². The van der Waals surface area contributed by atoms with Crippen molar-refractivity contribution >= 4 is 33.4 Å². The summed E-state index contributed by atoms with van der Waals surface area (Å²) in [5.74, 6) is 0. The molecule has 0 atom stereocenters. The van der Waals surface area contributed by atoms with Crippen LogP contribution in [0.2, 0.25) is 0 Å². The van der Waals surface area contributed by atoms with Crippen molar-refractivity contribution < 1.29 is 4.92 Å². The van der Waals surface area contributed by atoms with Crippen molar-refractivity contribution in [2.45, 2.75) is 9.92 Å². The van der Waals surface area contributed by atoms with Gasteiger partial charge in [-0.3, -0.25) is 10.1 Å². The third-order valence-electron chi connectivity index (χ3n) is 1.97. The number of nitro groups is 1. The minimum absolute atomic E-state index is 0.00477. The summed E-state index contributed by atoms with van der Waals surface area (Å²) in [5, 5.41) is 11.2. The van der Waals surface area contributed by atoms with Gasteiger partial charge in [0.1, 0.15) is 11.2 Å². The van der Waals surface area contributed by atoms with Crippen LogP contribution >= 0.6 is 27.7 Å². The molecule has 2 aromatic rings. The minimum Gasteiger partial charge on any atom is -0.258 e. The second-order valence-electron chi connectivity index (χ2n) is 3.17. The van der Waals surface area contributed by atoms with Gasteiger partial charge in [-0.15, -0.1) is 0 Å². The lowest BCUT2D eigenvalue weighted by Crippen LogP contribution is -1.89. The van der Waals surface area contributed by atoms with Gasteiger partial charge in [0.05, 0.1) is 4.92 Å². The largest absolute Gasteiger partial charge is 0.287 e. The zero-order chi connectivity index (χ0) is 12.3. The summed E-state index contributed by atoms with van der Waals surface area (Å²) in [6.45, 7) is 0. The SMILES string of the molecule is O=[N+]([O-])c1ccc(Sc2ccc(Br)cc2)nc1. The molecule has 4 nitrogen and oxygen atoms in total. The van der Waals surface area contributed by atoms with Gasteiger partial charge in [-0.25, -0.2) is 4.98 Å². The number of hydrogen-bond acceptors (Lipinski definition) is 4. The molecule has 86 valence electrons. The van der Waals surface area contributed by atoms with Crippen LogP contribution in [0.15, 0.2) is 57.0 Å². The molecule has 1 aromatic heterocycles. The molecule has 0 spiro atoms. The molecule has 0 bridgehead atoms. The Morgan fingerprint density at radius 3 is 2.41 bits per heavy atom. The standard InChI is InChI=1S/C11H7BrN2O2S/c12-8-1-4-10(5-2-8)17-11-6-3-9(7-13-11)14(15)16/h1-7H. The Hall–Kier alpha value is -1.40. The van der Waals surface area contributed by atoms with Gasteiger partial charge in [-0.2, -0.15) is 0 Å². The Kier molecular flexibility index (Phi) is 3.75. The molecule has 1 heterocycles. The van der Waals surface area contributed by atoms with E-state index in [4.69, 9.17) is 0 Å². The molecule has 1 aromatic carbocycles. The molecule has 6 heteroatoms. The smallest absolute Gasteiger partial charge is 0.258 e. The summed E-state index contributed by atoms with van der Waals surface area (Å²) < 4.78 is 1.01. The van der Waals surface area contributed by atoms with E-state index in [2.05, 4.69) is 20.9 Å². The van der Waals surface area contributed by atoms with Crippen LogP contribution in [0.4, 0.5) is 5.69 Å². The van der Waals surface area contributed by atoms with Crippen LogP contribution in [-0.4, -0.2) is 9.91 Å². The lowest BCUT2D eigenvalue weighted by atomic mass is 10.4. The molecule has 0 aliphatic heterocycles. The van der Waals surface area contributed by atoms with Gasteiger partial charge in [0.25, 0.3) is 5.69 Å². The first-order valence-electron chi connectivity index (χ1n) is 4.69. The van der Waals surface area contributed by atoms with Gasteiger partial charge in [0, 0.05) is 15.4 Å². The van der Waals surface area contributed by atoms with Crippen molar-refractivity contribution in [1.82, 2.24) is 4.98 Å². The first-order chi connectivity index (χ1) is 8.15. The second-order valence-corrected chi connectivity index (χ2v) is 5.18. The van der Waals surface area contributed by atoms with Gasteiger partial charge in [0.15, 0.2) is 0 Å². The number of rotatable bonds is 3. The third kappa shape index (κ3) is 3.28. The summed E-state index contributed by atoms with van der Waals surface area (Å²) in [7, 11) is 0. The van der Waals surface area contributed by atoms with Crippen molar-refractivity contribution in [3.05, 3.63) is 57.2 Å². The fourth-order valence-corrected chi connectivity index (χ4v) is 2.18. The first-order valence-corrected chi connectivity index (χ1v) is 6.30. The van der Waals surface area contributed by atoms with Gasteiger partial charge < -0.3 is 0 Å². The highest BCUT2D eigenvalue weighted by molar-refractivity contribution is 9.10. The number of aromatic nitrogens is 1. The highest BCUT2D eigenvalue weighted by Gasteiger charge is 2.05. The molecule has 0 radical (unpaired) electrons. The van der Waals surface area contributed by atoms with Gasteiger partial charge in [0.2, 0.25) is 0 Å². The molecular formula is C11H7BrN2O2S. The van der Waals surface area contributed by atoms with Crippen LogP contribution in [0.5, 0.6) is 0 Å². The molecule has 0 saturated carbocycles. The first kappa shape index (κ1) is 12.1. The number of hydrogen-bond donors (Lipinski definition) is 0. The predicted molar refractivity (Wildman–Crippen MR) is 69.2 cm³/mol. The Balaban J connectivity index is 2.13. The second kappa shape index (κ2) is 5.29. The fraction of sp³-hybridized carbons (Fsp3) is 0. The molecule has 2 rings (SSSR count). The van der Waals surface area contributed by atoms with Crippen molar-refractivity contribution in [3.63, 3.8) is 0 Å². The zero-order valence-corrected chi connectivity index (χ0v) is 10.9. The van der Waals surface area contributed by atoms with E-state index in [0.29, 0.717) is 0 Å². The maximum atomic E-state index is 10.5. The molecule has 0 saturated heterocycles. The summed E-state index contributed by atoms with van der Waals surface area (Å²) in [6, 6.07) is 10.9. The van der Waals surface area contributed by atoms with Crippen LogP contribution < -0.4 is 0 Å². The Morgan fingerprint density at radius 2 is 1.88 bits per heavy atom. The maximum Gasteiger partial charge on any atom is 0.287 e. The molecule has 0 N–H and O–H groups in total. The van der Waals surface area contributed by atoms with Crippen molar-refractivity contribution in [3.8, 4) is 0 Å². The predicted octanol–water partition coefficient (Wildman–Crippen LogP) is 3.90. The average molecular weight is 311 g/mol. The van der Waals surface area contributed by atoms with E-state index in [-0.39, 0.29) is 5.69 Å². The van der Waals surface area contributed by atoms with Crippen molar-refractivity contribution in [2.24, 2.45) is 0 Å². The molecule has 0 aliphatic carbocycles. The monoisotopic (exact) mass is 310 g/mol. The topological polar surface area (TPSA) is 56.0 Å². The Morgan fingerprint density at radius 1 is 1.18 bits per heavy atom. The van der Waals surface area contributed by atoms with Crippen LogP contribution in [0.25, 0.3) is 0 Å².